The Morgan fingerprint density at radius 3 is 2.29 bits per heavy atom. The van der Waals surface area contributed by atoms with E-state index < -0.39 is 0 Å². The molecule has 0 unspecified atom stereocenters. The molecule has 2 saturated carbocycles. The standard InChI is InChI=1S/C27H40N4O3S/c1-4-30-25(18-34-23-16-15-20(2)17-24(23)33-3)28-29-27(30)35-19-26(32)31(21-11-7-5-8-12-21)22-13-9-6-10-14-22/h15-17,21-22H,4-14,18-19H2,1-3H3. The summed E-state index contributed by atoms with van der Waals surface area (Å²) in [6.45, 7) is 5.11. The summed E-state index contributed by atoms with van der Waals surface area (Å²) in [6, 6.07) is 6.70. The zero-order valence-corrected chi connectivity index (χ0v) is 22.3. The molecule has 0 radical (unpaired) electrons. The zero-order chi connectivity index (χ0) is 24.6. The predicted octanol–water partition coefficient (Wildman–Crippen LogP) is 5.78. The Morgan fingerprint density at radius 2 is 1.69 bits per heavy atom. The van der Waals surface area contributed by atoms with Gasteiger partial charge in [0.25, 0.3) is 0 Å². The predicted molar refractivity (Wildman–Crippen MR) is 139 cm³/mol. The maximum Gasteiger partial charge on any atom is 0.233 e. The largest absolute Gasteiger partial charge is 0.493 e. The van der Waals surface area contributed by atoms with E-state index in [1.54, 1.807) is 7.11 Å². The van der Waals surface area contributed by atoms with Crippen LogP contribution in [0, 0.1) is 6.92 Å². The first-order chi connectivity index (χ1) is 17.1. The molecule has 8 heteroatoms. The monoisotopic (exact) mass is 500 g/mol. The minimum Gasteiger partial charge on any atom is -0.493 e. The fraction of sp³-hybridized carbons (Fsp3) is 0.667. The van der Waals surface area contributed by atoms with E-state index in [0.717, 1.165) is 48.8 Å². The number of benzene rings is 1. The van der Waals surface area contributed by atoms with Crippen LogP contribution < -0.4 is 9.47 Å². The number of aryl methyl sites for hydroxylation is 1. The van der Waals surface area contributed by atoms with E-state index >= 15 is 0 Å². The first kappa shape index (κ1) is 25.9. The molecule has 4 rings (SSSR count). The van der Waals surface area contributed by atoms with Crippen LogP contribution in [-0.4, -0.2) is 50.5 Å². The normalized spacial score (nSPS) is 17.3. The lowest BCUT2D eigenvalue weighted by atomic mass is 9.88. The van der Waals surface area contributed by atoms with Crippen LogP contribution in [0.15, 0.2) is 23.4 Å². The van der Waals surface area contributed by atoms with Gasteiger partial charge in [0.05, 0.1) is 12.9 Å². The smallest absolute Gasteiger partial charge is 0.233 e. The van der Waals surface area contributed by atoms with Gasteiger partial charge in [0.2, 0.25) is 5.91 Å². The second-order valence-corrected chi connectivity index (χ2v) is 10.7. The molecule has 1 amide bonds. The molecule has 0 saturated heterocycles. The van der Waals surface area contributed by atoms with Crippen LogP contribution in [0.5, 0.6) is 11.5 Å². The Bertz CT molecular complexity index is 949. The van der Waals surface area contributed by atoms with Crippen molar-refractivity contribution in [1.29, 1.82) is 0 Å². The van der Waals surface area contributed by atoms with Gasteiger partial charge < -0.3 is 18.9 Å². The summed E-state index contributed by atoms with van der Waals surface area (Å²) in [5, 5.41) is 9.57. The van der Waals surface area contributed by atoms with Crippen molar-refractivity contribution in [1.82, 2.24) is 19.7 Å². The third-order valence-corrected chi connectivity index (χ3v) is 8.29. The number of hydrogen-bond acceptors (Lipinski definition) is 6. The molecular formula is C27H40N4O3S. The summed E-state index contributed by atoms with van der Waals surface area (Å²) in [6.07, 6.45) is 12.2. The van der Waals surface area contributed by atoms with Crippen molar-refractivity contribution in [3.05, 3.63) is 29.6 Å². The topological polar surface area (TPSA) is 69.5 Å². The van der Waals surface area contributed by atoms with E-state index in [0.29, 0.717) is 35.9 Å². The van der Waals surface area contributed by atoms with Crippen LogP contribution in [0.2, 0.25) is 0 Å². The highest BCUT2D eigenvalue weighted by atomic mass is 32.2. The number of carbonyl (C=O) groups is 1. The van der Waals surface area contributed by atoms with Crippen molar-refractivity contribution in [2.75, 3.05) is 12.9 Å². The second-order valence-electron chi connectivity index (χ2n) is 9.76. The third-order valence-electron chi connectivity index (χ3n) is 7.33. The molecule has 7 nitrogen and oxygen atoms in total. The highest BCUT2D eigenvalue weighted by Crippen LogP contribution is 2.32. The van der Waals surface area contributed by atoms with Gasteiger partial charge in [-0.05, 0) is 57.2 Å². The van der Waals surface area contributed by atoms with Crippen molar-refractivity contribution in [2.24, 2.45) is 0 Å². The molecular weight excluding hydrogens is 460 g/mol. The highest BCUT2D eigenvalue weighted by Gasteiger charge is 2.32. The van der Waals surface area contributed by atoms with Gasteiger partial charge in [-0.2, -0.15) is 0 Å². The number of thioether (sulfide) groups is 1. The molecule has 0 bridgehead atoms. The van der Waals surface area contributed by atoms with Crippen LogP contribution in [-0.2, 0) is 17.9 Å². The summed E-state index contributed by atoms with van der Waals surface area (Å²) in [4.78, 5) is 15.8. The fourth-order valence-electron chi connectivity index (χ4n) is 5.51. The second kappa shape index (κ2) is 12.7. The number of carbonyl (C=O) groups excluding carboxylic acids is 1. The van der Waals surface area contributed by atoms with Crippen LogP contribution in [0.3, 0.4) is 0 Å². The molecule has 35 heavy (non-hydrogen) atoms. The van der Waals surface area contributed by atoms with E-state index in [4.69, 9.17) is 9.47 Å². The summed E-state index contributed by atoms with van der Waals surface area (Å²) < 4.78 is 13.5. The highest BCUT2D eigenvalue weighted by molar-refractivity contribution is 7.99. The van der Waals surface area contributed by atoms with Crippen molar-refractivity contribution < 1.29 is 14.3 Å². The number of aromatic nitrogens is 3. The lowest BCUT2D eigenvalue weighted by Crippen LogP contribution is -2.49. The number of rotatable bonds is 10. The SMILES string of the molecule is CCn1c(COc2ccc(C)cc2OC)nnc1SCC(=O)N(C1CCCCC1)C1CCCCC1. The van der Waals surface area contributed by atoms with Gasteiger partial charge in [-0.15, -0.1) is 10.2 Å². The molecule has 2 aliphatic carbocycles. The number of ether oxygens (including phenoxy) is 2. The first-order valence-electron chi connectivity index (χ1n) is 13.2. The first-order valence-corrected chi connectivity index (χ1v) is 14.2. The molecule has 0 spiro atoms. The minimum absolute atomic E-state index is 0.265. The van der Waals surface area contributed by atoms with Crippen LogP contribution in [0.25, 0.3) is 0 Å². The Labute approximate surface area is 214 Å². The lowest BCUT2D eigenvalue weighted by molar-refractivity contribution is -0.135. The van der Waals surface area contributed by atoms with E-state index in [9.17, 15) is 4.79 Å². The summed E-state index contributed by atoms with van der Waals surface area (Å²) in [5.74, 6) is 2.82. The molecule has 0 aliphatic heterocycles. The molecule has 1 aromatic carbocycles. The number of nitrogens with zero attached hydrogens (tertiary/aromatic N) is 4. The molecule has 1 heterocycles. The van der Waals surface area contributed by atoms with Crippen molar-refractivity contribution in [2.45, 2.75) is 108 Å². The van der Waals surface area contributed by atoms with Gasteiger partial charge >= 0.3 is 0 Å². The van der Waals surface area contributed by atoms with E-state index in [1.165, 1.54) is 50.3 Å². The Morgan fingerprint density at radius 1 is 1.03 bits per heavy atom. The van der Waals surface area contributed by atoms with E-state index in [1.807, 2.05) is 29.7 Å². The van der Waals surface area contributed by atoms with Gasteiger partial charge in [0, 0.05) is 18.6 Å². The van der Waals surface area contributed by atoms with E-state index in [2.05, 4.69) is 22.0 Å². The average Bonchev–Trinajstić information content (AvgIpc) is 3.29. The number of hydrogen-bond donors (Lipinski definition) is 0. The van der Waals surface area contributed by atoms with Gasteiger partial charge in [-0.1, -0.05) is 56.4 Å². The van der Waals surface area contributed by atoms with Crippen molar-refractivity contribution in [3.8, 4) is 11.5 Å². The summed E-state index contributed by atoms with van der Waals surface area (Å²) in [7, 11) is 1.64. The zero-order valence-electron chi connectivity index (χ0n) is 21.5. The Kier molecular flexibility index (Phi) is 9.35. The van der Waals surface area contributed by atoms with Gasteiger partial charge in [-0.3, -0.25) is 4.79 Å². The summed E-state index contributed by atoms with van der Waals surface area (Å²) >= 11 is 1.51. The maximum absolute atomic E-state index is 13.5. The average molecular weight is 501 g/mol. The van der Waals surface area contributed by atoms with Gasteiger partial charge in [0.1, 0.15) is 6.61 Å². The van der Waals surface area contributed by atoms with Crippen LogP contribution >= 0.6 is 11.8 Å². The molecule has 2 fully saturated rings. The minimum atomic E-state index is 0.265. The van der Waals surface area contributed by atoms with Crippen molar-refractivity contribution in [3.63, 3.8) is 0 Å². The van der Waals surface area contributed by atoms with Crippen molar-refractivity contribution >= 4 is 17.7 Å². The quantitative estimate of drug-likeness (QED) is 0.385. The molecule has 2 aliphatic rings. The van der Waals surface area contributed by atoms with Gasteiger partial charge in [-0.25, -0.2) is 0 Å². The summed E-state index contributed by atoms with van der Waals surface area (Å²) in [5.41, 5.74) is 1.12. The molecule has 2 aromatic rings. The Hall–Kier alpha value is -2.22. The fourth-order valence-corrected chi connectivity index (χ4v) is 6.40. The van der Waals surface area contributed by atoms with E-state index in [-0.39, 0.29) is 5.91 Å². The third kappa shape index (κ3) is 6.51. The maximum atomic E-state index is 13.5. The number of amides is 1. The molecule has 0 N–H and O–H groups in total. The lowest BCUT2D eigenvalue weighted by Gasteiger charge is -2.41. The molecule has 0 atom stereocenters. The van der Waals surface area contributed by atoms with Crippen LogP contribution in [0.4, 0.5) is 0 Å². The van der Waals surface area contributed by atoms with Crippen LogP contribution in [0.1, 0.15) is 82.5 Å². The van der Waals surface area contributed by atoms with Gasteiger partial charge in [0.15, 0.2) is 22.5 Å². The number of methoxy groups -OCH3 is 1. The molecule has 192 valence electrons. The molecule has 1 aromatic heterocycles. The Balaban J connectivity index is 1.40.